The third-order valence-corrected chi connectivity index (χ3v) is 3.94. The van der Waals surface area contributed by atoms with Gasteiger partial charge in [0.05, 0.1) is 12.8 Å². The van der Waals surface area contributed by atoms with Crippen LogP contribution in [0.2, 0.25) is 0 Å². The van der Waals surface area contributed by atoms with Crippen LogP contribution < -0.4 is 0 Å². The number of rotatable bonds is 7. The first-order chi connectivity index (χ1) is 10.5. The van der Waals surface area contributed by atoms with Gasteiger partial charge < -0.3 is 14.5 Å². The van der Waals surface area contributed by atoms with Gasteiger partial charge >= 0.3 is 0 Å². The van der Waals surface area contributed by atoms with Gasteiger partial charge in [0, 0.05) is 52.0 Å². The van der Waals surface area contributed by atoms with E-state index in [0.29, 0.717) is 32.7 Å². The number of nitrogens with zero attached hydrogens (tertiary/aromatic N) is 4. The Kier molecular flexibility index (Phi) is 5.54. The Morgan fingerprint density at radius 2 is 2.32 bits per heavy atom. The van der Waals surface area contributed by atoms with Gasteiger partial charge in [0.25, 0.3) is 0 Å². The van der Waals surface area contributed by atoms with E-state index in [9.17, 15) is 9.59 Å². The molecule has 1 fully saturated rings. The van der Waals surface area contributed by atoms with Crippen molar-refractivity contribution in [2.75, 3.05) is 26.8 Å². The van der Waals surface area contributed by atoms with Gasteiger partial charge in [0.2, 0.25) is 11.8 Å². The predicted octanol–water partition coefficient (Wildman–Crippen LogP) is 0.406. The van der Waals surface area contributed by atoms with Gasteiger partial charge in [0.1, 0.15) is 6.04 Å². The Hall–Kier alpha value is -1.89. The predicted molar refractivity (Wildman–Crippen MR) is 80.9 cm³/mol. The topological polar surface area (TPSA) is 67.7 Å². The van der Waals surface area contributed by atoms with Crippen molar-refractivity contribution < 1.29 is 14.3 Å². The maximum Gasteiger partial charge on any atom is 0.245 e. The van der Waals surface area contributed by atoms with E-state index in [-0.39, 0.29) is 11.8 Å². The molecule has 0 saturated carbocycles. The molecule has 1 saturated heterocycles. The first-order valence-corrected chi connectivity index (χ1v) is 7.57. The minimum absolute atomic E-state index is 0.0452. The summed E-state index contributed by atoms with van der Waals surface area (Å²) in [5.74, 6) is 0.0186. The maximum absolute atomic E-state index is 12.7. The lowest BCUT2D eigenvalue weighted by atomic mass is 10.2. The maximum atomic E-state index is 12.7. The molecule has 0 N–H and O–H groups in total. The molecule has 0 bridgehead atoms. The summed E-state index contributed by atoms with van der Waals surface area (Å²) in [6, 6.07) is -0.427. The third kappa shape index (κ3) is 3.85. The van der Waals surface area contributed by atoms with Crippen LogP contribution >= 0.6 is 0 Å². The van der Waals surface area contributed by atoms with E-state index < -0.39 is 6.04 Å². The molecule has 1 aromatic rings. The zero-order valence-corrected chi connectivity index (χ0v) is 13.5. The molecule has 2 rings (SSSR count). The van der Waals surface area contributed by atoms with Crippen LogP contribution in [0.3, 0.4) is 0 Å². The molecule has 0 unspecified atom stereocenters. The number of hydrogen-bond donors (Lipinski definition) is 0. The van der Waals surface area contributed by atoms with Crippen LogP contribution in [0.4, 0.5) is 0 Å². The number of ether oxygens (including phenoxy) is 1. The van der Waals surface area contributed by atoms with E-state index in [0.717, 1.165) is 12.0 Å². The van der Waals surface area contributed by atoms with Crippen molar-refractivity contribution >= 4 is 11.8 Å². The summed E-state index contributed by atoms with van der Waals surface area (Å²) in [6.07, 6.45) is 5.01. The lowest BCUT2D eigenvalue weighted by molar-refractivity contribution is -0.143. The number of carbonyl (C=O) groups excluding carboxylic acids is 2. The van der Waals surface area contributed by atoms with Gasteiger partial charge in [-0.25, -0.2) is 0 Å². The Labute approximate surface area is 130 Å². The molecule has 1 atom stereocenters. The molecule has 7 nitrogen and oxygen atoms in total. The quantitative estimate of drug-likeness (QED) is 0.731. The first-order valence-electron chi connectivity index (χ1n) is 7.57. The highest BCUT2D eigenvalue weighted by molar-refractivity contribution is 5.88. The highest BCUT2D eigenvalue weighted by Crippen LogP contribution is 2.16. The van der Waals surface area contributed by atoms with E-state index in [4.69, 9.17) is 4.74 Å². The van der Waals surface area contributed by atoms with E-state index in [1.165, 1.54) is 0 Å². The lowest BCUT2D eigenvalue weighted by Gasteiger charge is -2.30. The molecule has 0 spiro atoms. The minimum Gasteiger partial charge on any atom is -0.383 e. The van der Waals surface area contributed by atoms with E-state index >= 15 is 0 Å². The molecule has 22 heavy (non-hydrogen) atoms. The monoisotopic (exact) mass is 308 g/mol. The number of carbonyl (C=O) groups is 2. The number of methoxy groups -OCH3 is 1. The fraction of sp³-hybridized carbons (Fsp3) is 0.667. The van der Waals surface area contributed by atoms with E-state index in [2.05, 4.69) is 5.10 Å². The fourth-order valence-corrected chi connectivity index (χ4v) is 2.72. The second-order valence-electron chi connectivity index (χ2n) is 5.64. The standard InChI is InChI=1S/C15H24N4O3/c1-12(19-6-4-5-14(19)20)15(21)18(7-8-22-3)11-13-9-16-17(2)10-13/h9-10,12H,4-8,11H2,1-3H3/t12-/m0/s1. The van der Waals surface area contributed by atoms with Gasteiger partial charge in [-0.15, -0.1) is 0 Å². The molecule has 7 heteroatoms. The fourth-order valence-electron chi connectivity index (χ4n) is 2.72. The minimum atomic E-state index is -0.427. The van der Waals surface area contributed by atoms with E-state index in [1.54, 1.807) is 34.7 Å². The Balaban J connectivity index is 2.06. The lowest BCUT2D eigenvalue weighted by Crippen LogP contribution is -2.48. The number of amides is 2. The Bertz CT molecular complexity index is 529. The van der Waals surface area contributed by atoms with Crippen molar-refractivity contribution in [1.29, 1.82) is 0 Å². The molecule has 0 aliphatic carbocycles. The molecule has 0 radical (unpaired) electrons. The zero-order chi connectivity index (χ0) is 16.1. The van der Waals surface area contributed by atoms with E-state index in [1.807, 2.05) is 13.2 Å². The molecule has 2 amide bonds. The van der Waals surface area contributed by atoms with Gasteiger partial charge in [-0.3, -0.25) is 14.3 Å². The summed E-state index contributed by atoms with van der Waals surface area (Å²) >= 11 is 0. The molecule has 2 heterocycles. The highest BCUT2D eigenvalue weighted by atomic mass is 16.5. The average molecular weight is 308 g/mol. The van der Waals surface area contributed by atoms with Crippen molar-refractivity contribution in [3.63, 3.8) is 0 Å². The SMILES string of the molecule is COCCN(Cc1cnn(C)c1)C(=O)[C@H](C)N1CCCC1=O. The van der Waals surface area contributed by atoms with Crippen LogP contribution in [0, 0.1) is 0 Å². The van der Waals surface area contributed by atoms with Crippen LogP contribution in [0.1, 0.15) is 25.3 Å². The molecule has 122 valence electrons. The molecule has 0 aromatic carbocycles. The normalized spacial score (nSPS) is 16.1. The largest absolute Gasteiger partial charge is 0.383 e. The molecular formula is C15H24N4O3. The van der Waals surface area contributed by atoms with Gasteiger partial charge in [-0.1, -0.05) is 0 Å². The molecular weight excluding hydrogens is 284 g/mol. The van der Waals surface area contributed by atoms with Crippen molar-refractivity contribution in [3.05, 3.63) is 18.0 Å². The number of aryl methyl sites for hydroxylation is 1. The van der Waals surface area contributed by atoms with Crippen LogP contribution in [-0.4, -0.2) is 64.2 Å². The average Bonchev–Trinajstić information content (AvgIpc) is 3.10. The van der Waals surface area contributed by atoms with Gasteiger partial charge in [-0.2, -0.15) is 5.10 Å². The summed E-state index contributed by atoms with van der Waals surface area (Å²) < 4.78 is 6.81. The third-order valence-electron chi connectivity index (χ3n) is 3.94. The summed E-state index contributed by atoms with van der Waals surface area (Å²) in [6.45, 7) is 3.90. The van der Waals surface area contributed by atoms with Crippen LogP contribution in [0.15, 0.2) is 12.4 Å². The van der Waals surface area contributed by atoms with Gasteiger partial charge in [-0.05, 0) is 13.3 Å². The van der Waals surface area contributed by atoms with Crippen molar-refractivity contribution in [2.45, 2.75) is 32.4 Å². The molecule has 1 aliphatic rings. The Morgan fingerprint density at radius 3 is 2.86 bits per heavy atom. The summed E-state index contributed by atoms with van der Waals surface area (Å²) in [4.78, 5) is 28.0. The number of hydrogen-bond acceptors (Lipinski definition) is 4. The highest BCUT2D eigenvalue weighted by Gasteiger charge is 2.32. The van der Waals surface area contributed by atoms with Crippen molar-refractivity contribution in [2.24, 2.45) is 7.05 Å². The van der Waals surface area contributed by atoms with Crippen molar-refractivity contribution in [3.8, 4) is 0 Å². The van der Waals surface area contributed by atoms with Crippen LogP contribution in [0.5, 0.6) is 0 Å². The van der Waals surface area contributed by atoms with Gasteiger partial charge in [0.15, 0.2) is 0 Å². The zero-order valence-electron chi connectivity index (χ0n) is 13.5. The number of aromatic nitrogens is 2. The second-order valence-corrected chi connectivity index (χ2v) is 5.64. The van der Waals surface area contributed by atoms with Crippen molar-refractivity contribution in [1.82, 2.24) is 19.6 Å². The smallest absolute Gasteiger partial charge is 0.245 e. The van der Waals surface area contributed by atoms with Crippen LogP contribution in [0.25, 0.3) is 0 Å². The molecule has 1 aliphatic heterocycles. The second kappa shape index (κ2) is 7.40. The number of likely N-dealkylation sites (tertiary alicyclic amines) is 1. The summed E-state index contributed by atoms with van der Waals surface area (Å²) in [5, 5.41) is 4.13. The Morgan fingerprint density at radius 1 is 1.55 bits per heavy atom. The molecule has 1 aromatic heterocycles. The summed E-state index contributed by atoms with van der Waals surface area (Å²) in [7, 11) is 3.45. The summed E-state index contributed by atoms with van der Waals surface area (Å²) in [5.41, 5.74) is 0.965. The van der Waals surface area contributed by atoms with Crippen LogP contribution in [-0.2, 0) is 27.9 Å². The first kappa shape index (κ1) is 16.5.